The van der Waals surface area contributed by atoms with Crippen molar-refractivity contribution in [1.29, 1.82) is 0 Å². The van der Waals surface area contributed by atoms with Gasteiger partial charge in [0.2, 0.25) is 0 Å². The molecule has 0 saturated heterocycles. The first-order valence-electron chi connectivity index (χ1n) is 10.8. The Kier molecular flexibility index (Phi) is 6.13. The van der Waals surface area contributed by atoms with Crippen molar-refractivity contribution < 1.29 is 24.2 Å². The SMILES string of the molecule is CCCCc1oc2cc(OCc3ccccc3)c(O)cc2c1C(=O)c1cc(N)c(O)c(N)c1. The average molecular weight is 447 g/mol. The number of ether oxygens (including phenoxy) is 1. The molecule has 33 heavy (non-hydrogen) atoms. The van der Waals surface area contributed by atoms with Crippen molar-refractivity contribution in [3.63, 3.8) is 0 Å². The molecule has 4 rings (SSSR count). The first-order chi connectivity index (χ1) is 15.9. The molecule has 0 spiro atoms. The third kappa shape index (κ3) is 4.43. The number of phenolic OH excluding ortho intramolecular Hbond substituents is 2. The van der Waals surface area contributed by atoms with Crippen LogP contribution in [0.25, 0.3) is 11.0 Å². The predicted molar refractivity (Wildman–Crippen MR) is 128 cm³/mol. The highest BCUT2D eigenvalue weighted by Crippen LogP contribution is 2.38. The number of rotatable bonds is 8. The number of hydrogen-bond donors (Lipinski definition) is 4. The van der Waals surface area contributed by atoms with Gasteiger partial charge in [-0.05, 0) is 30.2 Å². The van der Waals surface area contributed by atoms with Crippen LogP contribution >= 0.6 is 0 Å². The molecule has 4 aromatic rings. The molecule has 0 atom stereocenters. The molecule has 1 aromatic heterocycles. The van der Waals surface area contributed by atoms with Crippen molar-refractivity contribution in [3.05, 3.63) is 77.0 Å². The van der Waals surface area contributed by atoms with Crippen LogP contribution in [0.2, 0.25) is 0 Å². The second kappa shape index (κ2) is 9.16. The molecular weight excluding hydrogens is 420 g/mol. The van der Waals surface area contributed by atoms with Crippen LogP contribution in [0.5, 0.6) is 17.2 Å². The van der Waals surface area contributed by atoms with Crippen LogP contribution in [-0.2, 0) is 13.0 Å². The van der Waals surface area contributed by atoms with Crippen LogP contribution in [0.1, 0.15) is 47.0 Å². The van der Waals surface area contributed by atoms with Gasteiger partial charge in [0.25, 0.3) is 0 Å². The zero-order chi connectivity index (χ0) is 23.5. The number of carbonyl (C=O) groups excluding carboxylic acids is 1. The monoisotopic (exact) mass is 446 g/mol. The van der Waals surface area contributed by atoms with Gasteiger partial charge in [-0.2, -0.15) is 0 Å². The number of phenols is 2. The third-order valence-corrected chi connectivity index (χ3v) is 5.50. The lowest BCUT2D eigenvalue weighted by molar-refractivity contribution is 0.103. The molecule has 0 radical (unpaired) electrons. The molecule has 0 bridgehead atoms. The average Bonchev–Trinajstić information content (AvgIpc) is 3.16. The molecule has 0 aliphatic rings. The highest BCUT2D eigenvalue weighted by atomic mass is 16.5. The van der Waals surface area contributed by atoms with E-state index >= 15 is 0 Å². The van der Waals surface area contributed by atoms with E-state index in [1.54, 1.807) is 6.07 Å². The summed E-state index contributed by atoms with van der Waals surface area (Å²) in [5, 5.41) is 21.0. The standard InChI is InChI=1S/C26H26N2O5/c1-2-3-9-21-24(25(30)16-10-18(27)26(31)19(28)11-16)17-12-20(29)23(13-22(17)33-21)32-14-15-7-5-4-6-8-15/h4-8,10-13,29,31H,2-3,9,14,27-28H2,1H3. The van der Waals surface area contributed by atoms with Crippen molar-refractivity contribution in [2.75, 3.05) is 11.5 Å². The summed E-state index contributed by atoms with van der Waals surface area (Å²) in [6, 6.07) is 15.4. The van der Waals surface area contributed by atoms with E-state index in [0.29, 0.717) is 28.7 Å². The summed E-state index contributed by atoms with van der Waals surface area (Å²) in [7, 11) is 0. The van der Waals surface area contributed by atoms with E-state index in [0.717, 1.165) is 18.4 Å². The summed E-state index contributed by atoms with van der Waals surface area (Å²) in [6.07, 6.45) is 2.29. The highest BCUT2D eigenvalue weighted by Gasteiger charge is 2.24. The topological polar surface area (TPSA) is 132 Å². The van der Waals surface area contributed by atoms with Crippen molar-refractivity contribution in [1.82, 2.24) is 0 Å². The van der Waals surface area contributed by atoms with Crippen LogP contribution in [0.4, 0.5) is 11.4 Å². The second-order valence-corrected chi connectivity index (χ2v) is 7.93. The Balaban J connectivity index is 1.76. The number of hydrogen-bond acceptors (Lipinski definition) is 7. The van der Waals surface area contributed by atoms with Gasteiger partial charge in [0.05, 0.1) is 16.9 Å². The second-order valence-electron chi connectivity index (χ2n) is 7.93. The van der Waals surface area contributed by atoms with Crippen molar-refractivity contribution in [2.24, 2.45) is 0 Å². The van der Waals surface area contributed by atoms with E-state index in [1.807, 2.05) is 37.3 Å². The zero-order valence-corrected chi connectivity index (χ0v) is 18.3. The molecule has 3 aromatic carbocycles. The fraction of sp³-hybridized carbons (Fsp3) is 0.192. The van der Waals surface area contributed by atoms with E-state index in [9.17, 15) is 15.0 Å². The predicted octanol–water partition coefficient (Wildman–Crippen LogP) is 5.16. The highest BCUT2D eigenvalue weighted by molar-refractivity contribution is 6.18. The van der Waals surface area contributed by atoms with E-state index < -0.39 is 0 Å². The first-order valence-corrected chi connectivity index (χ1v) is 10.8. The van der Waals surface area contributed by atoms with Crippen molar-refractivity contribution in [3.8, 4) is 17.2 Å². The molecule has 7 nitrogen and oxygen atoms in total. The van der Waals surface area contributed by atoms with Gasteiger partial charge in [-0.3, -0.25) is 4.79 Å². The molecule has 170 valence electrons. The fourth-order valence-corrected chi connectivity index (χ4v) is 3.73. The van der Waals surface area contributed by atoms with Gasteiger partial charge >= 0.3 is 0 Å². The molecule has 0 amide bonds. The van der Waals surface area contributed by atoms with Crippen LogP contribution in [-0.4, -0.2) is 16.0 Å². The molecule has 0 fully saturated rings. The minimum Gasteiger partial charge on any atom is -0.504 e. The first kappa shape index (κ1) is 22.1. The Labute approximate surface area is 191 Å². The van der Waals surface area contributed by atoms with Crippen LogP contribution < -0.4 is 16.2 Å². The Bertz CT molecular complexity index is 1290. The smallest absolute Gasteiger partial charge is 0.197 e. The van der Waals surface area contributed by atoms with Crippen LogP contribution in [0.15, 0.2) is 59.0 Å². The molecule has 0 unspecified atom stereocenters. The van der Waals surface area contributed by atoms with Crippen LogP contribution in [0.3, 0.4) is 0 Å². The number of nitrogen functional groups attached to an aromatic ring is 2. The summed E-state index contributed by atoms with van der Waals surface area (Å²) < 4.78 is 11.8. The maximum Gasteiger partial charge on any atom is 0.197 e. The van der Waals surface area contributed by atoms with E-state index in [1.165, 1.54) is 18.2 Å². The summed E-state index contributed by atoms with van der Waals surface area (Å²) in [5.41, 5.74) is 13.6. The normalized spacial score (nSPS) is 11.1. The largest absolute Gasteiger partial charge is 0.504 e. The minimum atomic E-state index is -0.351. The fourth-order valence-electron chi connectivity index (χ4n) is 3.73. The number of nitrogens with two attached hydrogens (primary N) is 2. The number of fused-ring (bicyclic) bond motifs is 1. The Morgan fingerprint density at radius 2 is 1.73 bits per heavy atom. The maximum absolute atomic E-state index is 13.5. The number of ketones is 1. The molecular formula is C26H26N2O5. The number of unbranched alkanes of at least 4 members (excludes halogenated alkanes) is 1. The van der Waals surface area contributed by atoms with E-state index in [4.69, 9.17) is 20.6 Å². The van der Waals surface area contributed by atoms with E-state index in [2.05, 4.69) is 0 Å². The molecule has 0 aliphatic heterocycles. The van der Waals surface area contributed by atoms with E-state index in [-0.39, 0.29) is 46.6 Å². The number of benzene rings is 3. The Morgan fingerprint density at radius 1 is 1.03 bits per heavy atom. The maximum atomic E-state index is 13.5. The Hall–Kier alpha value is -4.13. The number of anilines is 2. The summed E-state index contributed by atoms with van der Waals surface area (Å²) in [6.45, 7) is 2.33. The zero-order valence-electron chi connectivity index (χ0n) is 18.3. The van der Waals surface area contributed by atoms with Gasteiger partial charge in [-0.25, -0.2) is 0 Å². The van der Waals surface area contributed by atoms with Gasteiger partial charge in [-0.1, -0.05) is 43.7 Å². The van der Waals surface area contributed by atoms with Crippen molar-refractivity contribution in [2.45, 2.75) is 32.8 Å². The third-order valence-electron chi connectivity index (χ3n) is 5.50. The number of furan rings is 1. The van der Waals surface area contributed by atoms with Crippen LogP contribution in [0, 0.1) is 0 Å². The van der Waals surface area contributed by atoms with Gasteiger partial charge in [0.15, 0.2) is 23.0 Å². The molecule has 7 heteroatoms. The van der Waals surface area contributed by atoms with Crippen molar-refractivity contribution >= 4 is 28.1 Å². The van der Waals surface area contributed by atoms with Gasteiger partial charge in [-0.15, -0.1) is 0 Å². The van der Waals surface area contributed by atoms with Gasteiger partial charge in [0, 0.05) is 23.4 Å². The lowest BCUT2D eigenvalue weighted by Crippen LogP contribution is -2.06. The lowest BCUT2D eigenvalue weighted by Gasteiger charge is -2.09. The molecule has 0 aliphatic carbocycles. The quantitative estimate of drug-likeness (QED) is 0.167. The summed E-state index contributed by atoms with van der Waals surface area (Å²) in [5.74, 6) is 0.0734. The van der Waals surface area contributed by atoms with Gasteiger partial charge in [0.1, 0.15) is 18.0 Å². The lowest BCUT2D eigenvalue weighted by atomic mass is 9.97. The summed E-state index contributed by atoms with van der Waals surface area (Å²) in [4.78, 5) is 13.5. The van der Waals surface area contributed by atoms with Gasteiger partial charge < -0.3 is 30.8 Å². The Morgan fingerprint density at radius 3 is 2.39 bits per heavy atom. The number of aromatic hydroxyl groups is 2. The summed E-state index contributed by atoms with van der Waals surface area (Å²) >= 11 is 0. The molecule has 0 saturated carbocycles. The molecule has 6 N–H and O–H groups in total. The minimum absolute atomic E-state index is 0.0145. The molecule has 1 heterocycles. The number of aryl methyl sites for hydroxylation is 1. The number of carbonyl (C=O) groups is 1.